The molecule has 3 nitrogen and oxygen atoms in total. The maximum atomic E-state index is 12.4. The van der Waals surface area contributed by atoms with Gasteiger partial charge in [0.05, 0.1) is 6.42 Å². The second-order valence-electron chi connectivity index (χ2n) is 5.06. The van der Waals surface area contributed by atoms with Crippen molar-refractivity contribution in [2.24, 2.45) is 0 Å². The number of halogens is 1. The van der Waals surface area contributed by atoms with E-state index in [0.717, 1.165) is 47.0 Å². The van der Waals surface area contributed by atoms with E-state index in [2.05, 4.69) is 33.4 Å². The summed E-state index contributed by atoms with van der Waals surface area (Å²) >= 11 is 3.57. The molecule has 0 bridgehead atoms. The van der Waals surface area contributed by atoms with Gasteiger partial charge in [-0.2, -0.15) is 0 Å². The van der Waals surface area contributed by atoms with Crippen molar-refractivity contribution in [3.63, 3.8) is 0 Å². The van der Waals surface area contributed by atoms with Gasteiger partial charge in [-0.1, -0.05) is 46.3 Å². The van der Waals surface area contributed by atoms with E-state index in [1.165, 1.54) is 0 Å². The van der Waals surface area contributed by atoms with Gasteiger partial charge in [-0.25, -0.2) is 0 Å². The fourth-order valence-corrected chi connectivity index (χ4v) is 3.15. The first-order chi connectivity index (χ1) is 9.75. The topological polar surface area (TPSA) is 32.3 Å². The Hall–Kier alpha value is -1.39. The molecule has 3 rings (SSSR count). The van der Waals surface area contributed by atoms with Gasteiger partial charge in [0.25, 0.3) is 0 Å². The average molecular weight is 333 g/mol. The van der Waals surface area contributed by atoms with E-state index in [-0.39, 0.29) is 5.91 Å². The number of nitrogens with one attached hydrogen (secondary N) is 1. The van der Waals surface area contributed by atoms with Gasteiger partial charge in [0.2, 0.25) is 5.91 Å². The Labute approximate surface area is 127 Å². The van der Waals surface area contributed by atoms with Crippen LogP contribution in [0, 0.1) is 0 Å². The molecular formula is C16H17BrN2O. The minimum absolute atomic E-state index is 0.221. The Balaban J connectivity index is 1.87. The fourth-order valence-electron chi connectivity index (χ4n) is 2.67. The maximum Gasteiger partial charge on any atom is 0.227 e. The molecule has 2 aromatic rings. The average Bonchev–Trinajstić information content (AvgIpc) is 2.51. The molecule has 0 spiro atoms. The first-order valence-electron chi connectivity index (χ1n) is 6.90. The summed E-state index contributed by atoms with van der Waals surface area (Å²) in [6, 6.07) is 12.3. The first kappa shape index (κ1) is 13.6. The molecule has 0 aromatic heterocycles. The SMILES string of the molecule is O=C(Cc1ccc(Br)c2ccccc12)N1CCNCC1. The molecule has 1 aliphatic rings. The number of rotatable bonds is 2. The van der Waals surface area contributed by atoms with Crippen molar-refractivity contribution < 1.29 is 4.79 Å². The summed E-state index contributed by atoms with van der Waals surface area (Å²) in [5, 5.41) is 5.59. The number of hydrogen-bond acceptors (Lipinski definition) is 2. The Bertz CT molecular complexity index is 635. The largest absolute Gasteiger partial charge is 0.340 e. The molecule has 104 valence electrons. The summed E-state index contributed by atoms with van der Waals surface area (Å²) in [6.45, 7) is 3.42. The third-order valence-electron chi connectivity index (χ3n) is 3.77. The van der Waals surface area contributed by atoms with Gasteiger partial charge < -0.3 is 10.2 Å². The van der Waals surface area contributed by atoms with Gasteiger partial charge in [-0.15, -0.1) is 0 Å². The van der Waals surface area contributed by atoms with E-state index < -0.39 is 0 Å². The summed E-state index contributed by atoms with van der Waals surface area (Å²) < 4.78 is 1.08. The monoisotopic (exact) mass is 332 g/mol. The number of fused-ring (bicyclic) bond motifs is 1. The number of amides is 1. The summed E-state index contributed by atoms with van der Waals surface area (Å²) in [4.78, 5) is 14.3. The van der Waals surface area contributed by atoms with Crippen molar-refractivity contribution in [2.45, 2.75) is 6.42 Å². The molecule has 20 heavy (non-hydrogen) atoms. The quantitative estimate of drug-likeness (QED) is 0.916. The minimum Gasteiger partial charge on any atom is -0.340 e. The van der Waals surface area contributed by atoms with Crippen LogP contribution in [0.3, 0.4) is 0 Å². The second kappa shape index (κ2) is 5.94. The van der Waals surface area contributed by atoms with Gasteiger partial charge in [0, 0.05) is 30.7 Å². The molecule has 1 amide bonds. The van der Waals surface area contributed by atoms with E-state index in [0.29, 0.717) is 6.42 Å². The molecule has 1 fully saturated rings. The summed E-state index contributed by atoms with van der Waals surface area (Å²) in [5.74, 6) is 0.221. The maximum absolute atomic E-state index is 12.4. The van der Waals surface area contributed by atoms with Crippen molar-refractivity contribution >= 4 is 32.6 Å². The van der Waals surface area contributed by atoms with Crippen LogP contribution in [0.2, 0.25) is 0 Å². The van der Waals surface area contributed by atoms with Crippen molar-refractivity contribution in [3.05, 3.63) is 46.4 Å². The zero-order chi connectivity index (χ0) is 13.9. The molecule has 1 aliphatic heterocycles. The number of carbonyl (C=O) groups excluding carboxylic acids is 1. The van der Waals surface area contributed by atoms with Crippen LogP contribution in [-0.4, -0.2) is 37.0 Å². The van der Waals surface area contributed by atoms with Crippen molar-refractivity contribution in [1.29, 1.82) is 0 Å². The lowest BCUT2D eigenvalue weighted by Crippen LogP contribution is -2.46. The predicted octanol–water partition coefficient (Wildman–Crippen LogP) is 2.58. The van der Waals surface area contributed by atoms with Crippen molar-refractivity contribution in [3.8, 4) is 0 Å². The van der Waals surface area contributed by atoms with Crippen LogP contribution in [0.1, 0.15) is 5.56 Å². The predicted molar refractivity (Wildman–Crippen MR) is 84.8 cm³/mol. The molecule has 0 aliphatic carbocycles. The van der Waals surface area contributed by atoms with Crippen LogP contribution in [0.15, 0.2) is 40.9 Å². The van der Waals surface area contributed by atoms with E-state index in [1.807, 2.05) is 29.2 Å². The number of hydrogen-bond donors (Lipinski definition) is 1. The van der Waals surface area contributed by atoms with Crippen LogP contribution >= 0.6 is 15.9 Å². The Morgan fingerprint density at radius 1 is 1.10 bits per heavy atom. The Morgan fingerprint density at radius 3 is 2.55 bits per heavy atom. The van der Waals surface area contributed by atoms with Gasteiger partial charge in [0.15, 0.2) is 0 Å². The van der Waals surface area contributed by atoms with E-state index in [1.54, 1.807) is 0 Å². The summed E-state index contributed by atoms with van der Waals surface area (Å²) in [5.41, 5.74) is 1.10. The third kappa shape index (κ3) is 2.72. The Kier molecular flexibility index (Phi) is 4.03. The zero-order valence-electron chi connectivity index (χ0n) is 11.2. The normalized spacial score (nSPS) is 15.6. The summed E-state index contributed by atoms with van der Waals surface area (Å²) in [7, 11) is 0. The number of piperazine rings is 1. The van der Waals surface area contributed by atoms with Gasteiger partial charge in [-0.3, -0.25) is 4.79 Å². The molecule has 0 unspecified atom stereocenters. The highest BCUT2D eigenvalue weighted by Crippen LogP contribution is 2.27. The lowest BCUT2D eigenvalue weighted by atomic mass is 10.0. The van der Waals surface area contributed by atoms with E-state index >= 15 is 0 Å². The lowest BCUT2D eigenvalue weighted by Gasteiger charge is -2.27. The molecule has 1 saturated heterocycles. The molecule has 0 radical (unpaired) electrons. The van der Waals surface area contributed by atoms with Crippen LogP contribution in [-0.2, 0) is 11.2 Å². The van der Waals surface area contributed by atoms with Crippen LogP contribution in [0.25, 0.3) is 10.8 Å². The Morgan fingerprint density at radius 2 is 1.80 bits per heavy atom. The number of carbonyl (C=O) groups is 1. The second-order valence-corrected chi connectivity index (χ2v) is 5.91. The number of benzene rings is 2. The molecule has 1 heterocycles. The fraction of sp³-hybridized carbons (Fsp3) is 0.312. The lowest BCUT2D eigenvalue weighted by molar-refractivity contribution is -0.131. The number of nitrogens with zero attached hydrogens (tertiary/aromatic N) is 1. The zero-order valence-corrected chi connectivity index (χ0v) is 12.8. The molecule has 2 aromatic carbocycles. The molecule has 1 N–H and O–H groups in total. The van der Waals surface area contributed by atoms with Crippen LogP contribution in [0.4, 0.5) is 0 Å². The molecule has 0 saturated carbocycles. The smallest absolute Gasteiger partial charge is 0.227 e. The van der Waals surface area contributed by atoms with Gasteiger partial charge in [-0.05, 0) is 22.4 Å². The highest BCUT2D eigenvalue weighted by Gasteiger charge is 2.17. The summed E-state index contributed by atoms with van der Waals surface area (Å²) in [6.07, 6.45) is 0.480. The van der Waals surface area contributed by atoms with Crippen molar-refractivity contribution in [1.82, 2.24) is 10.2 Å². The molecular weight excluding hydrogens is 316 g/mol. The van der Waals surface area contributed by atoms with Crippen molar-refractivity contribution in [2.75, 3.05) is 26.2 Å². The van der Waals surface area contributed by atoms with Gasteiger partial charge in [0.1, 0.15) is 0 Å². The highest BCUT2D eigenvalue weighted by atomic mass is 79.9. The third-order valence-corrected chi connectivity index (χ3v) is 4.46. The molecule has 0 atom stereocenters. The molecule has 4 heteroatoms. The van der Waals surface area contributed by atoms with Crippen LogP contribution < -0.4 is 5.32 Å². The van der Waals surface area contributed by atoms with E-state index in [9.17, 15) is 4.79 Å². The highest BCUT2D eigenvalue weighted by molar-refractivity contribution is 9.10. The van der Waals surface area contributed by atoms with Crippen LogP contribution in [0.5, 0.6) is 0 Å². The minimum atomic E-state index is 0.221. The standard InChI is InChI=1S/C16H17BrN2O/c17-15-6-5-12(13-3-1-2-4-14(13)15)11-16(20)19-9-7-18-8-10-19/h1-6,18H,7-11H2. The van der Waals surface area contributed by atoms with E-state index in [4.69, 9.17) is 0 Å². The first-order valence-corrected chi connectivity index (χ1v) is 7.69. The van der Waals surface area contributed by atoms with Gasteiger partial charge >= 0.3 is 0 Å².